The number of nitrogens with one attached hydrogen (secondary N) is 1. The first-order valence-electron chi connectivity index (χ1n) is 10.2. The molecule has 2 aromatic rings. The summed E-state index contributed by atoms with van der Waals surface area (Å²) in [6.45, 7) is 6.50. The minimum Gasteiger partial charge on any atom is -0.494 e. The number of anilines is 1. The zero-order valence-electron chi connectivity index (χ0n) is 18.0. The van der Waals surface area contributed by atoms with Gasteiger partial charge in [-0.15, -0.1) is 0 Å². The Morgan fingerprint density at radius 1 is 1.07 bits per heavy atom. The van der Waals surface area contributed by atoms with Crippen molar-refractivity contribution in [3.63, 3.8) is 0 Å². The van der Waals surface area contributed by atoms with Crippen LogP contribution in [0.4, 0.5) is 5.82 Å². The molecule has 0 unspecified atom stereocenters. The number of carbonyl (C=O) groups excluding carboxylic acids is 1. The number of benzene rings is 1. The molecule has 2 atom stereocenters. The van der Waals surface area contributed by atoms with Crippen molar-refractivity contribution in [1.82, 2.24) is 9.13 Å². The molecule has 1 aliphatic carbocycles. The van der Waals surface area contributed by atoms with Gasteiger partial charge in [0, 0.05) is 32.1 Å². The van der Waals surface area contributed by atoms with E-state index in [4.69, 9.17) is 4.74 Å². The number of nitrogens with zero attached hydrogens (tertiary/aromatic N) is 2. The van der Waals surface area contributed by atoms with Gasteiger partial charge in [-0.1, -0.05) is 32.1 Å². The third-order valence-corrected chi connectivity index (χ3v) is 6.01. The van der Waals surface area contributed by atoms with E-state index >= 15 is 0 Å². The first-order valence-corrected chi connectivity index (χ1v) is 10.2. The van der Waals surface area contributed by atoms with E-state index in [1.807, 2.05) is 45.0 Å². The van der Waals surface area contributed by atoms with E-state index in [0.717, 1.165) is 21.6 Å². The SMILES string of the molecule is CCOc1ccc([C@@H]2c3c(n(C)c(=O)n(C)c3=O)NC3=CC(C)(C)CC(=O)[C@H]32)cc1. The predicted molar refractivity (Wildman–Crippen MR) is 115 cm³/mol. The van der Waals surface area contributed by atoms with Crippen molar-refractivity contribution in [3.8, 4) is 5.75 Å². The minimum absolute atomic E-state index is 0.0884. The maximum absolute atomic E-state index is 13.3. The van der Waals surface area contributed by atoms with E-state index < -0.39 is 17.5 Å². The highest BCUT2D eigenvalue weighted by Crippen LogP contribution is 2.48. The van der Waals surface area contributed by atoms with Gasteiger partial charge >= 0.3 is 5.69 Å². The molecule has 4 rings (SSSR count). The fraction of sp³-hybridized carbons (Fsp3) is 0.435. The number of hydrogen-bond donors (Lipinski definition) is 1. The highest BCUT2D eigenvalue weighted by atomic mass is 16.5. The molecular weight excluding hydrogens is 382 g/mol. The van der Waals surface area contributed by atoms with E-state index in [1.54, 1.807) is 7.05 Å². The minimum atomic E-state index is -0.492. The molecule has 1 aromatic heterocycles. The standard InChI is InChI=1S/C23H27N3O4/c1-6-30-14-9-7-13(8-10-14)17-18-15(11-23(2,3)12-16(18)27)24-20-19(17)21(28)26(5)22(29)25(20)4/h7-11,17-18,24H,6,12H2,1-5H3/t17-,18-/m0/s1. The summed E-state index contributed by atoms with van der Waals surface area (Å²) >= 11 is 0. The Morgan fingerprint density at radius 2 is 1.73 bits per heavy atom. The molecule has 0 amide bonds. The van der Waals surface area contributed by atoms with Crippen molar-refractivity contribution in [2.45, 2.75) is 33.1 Å². The third kappa shape index (κ3) is 3.09. The molecule has 0 bridgehead atoms. The predicted octanol–water partition coefficient (Wildman–Crippen LogP) is 2.54. The quantitative estimate of drug-likeness (QED) is 0.843. The van der Waals surface area contributed by atoms with Crippen molar-refractivity contribution in [1.29, 1.82) is 0 Å². The smallest absolute Gasteiger partial charge is 0.332 e. The van der Waals surface area contributed by atoms with E-state index in [1.165, 1.54) is 11.6 Å². The van der Waals surface area contributed by atoms with Crippen LogP contribution in [0, 0.1) is 11.3 Å². The van der Waals surface area contributed by atoms with Gasteiger partial charge in [0.1, 0.15) is 17.4 Å². The molecule has 1 N–H and O–H groups in total. The summed E-state index contributed by atoms with van der Waals surface area (Å²) < 4.78 is 8.10. The Bertz CT molecular complexity index is 1170. The fourth-order valence-electron chi connectivity index (χ4n) is 4.68. The lowest BCUT2D eigenvalue weighted by Crippen LogP contribution is -2.47. The number of hydrogen-bond acceptors (Lipinski definition) is 5. The lowest BCUT2D eigenvalue weighted by molar-refractivity contribution is -0.124. The Balaban J connectivity index is 2.00. The molecular formula is C23H27N3O4. The molecule has 1 aromatic carbocycles. The number of rotatable bonds is 3. The summed E-state index contributed by atoms with van der Waals surface area (Å²) in [5.41, 5.74) is 0.967. The number of allylic oxidation sites excluding steroid dienone is 2. The monoisotopic (exact) mass is 409 g/mol. The Labute approximate surface area is 175 Å². The van der Waals surface area contributed by atoms with Crippen LogP contribution >= 0.6 is 0 Å². The van der Waals surface area contributed by atoms with Crippen LogP contribution in [-0.4, -0.2) is 21.5 Å². The number of aromatic nitrogens is 2. The van der Waals surface area contributed by atoms with Gasteiger partial charge in [-0.05, 0) is 30.0 Å². The van der Waals surface area contributed by atoms with Crippen LogP contribution in [0.15, 0.2) is 45.6 Å². The van der Waals surface area contributed by atoms with Gasteiger partial charge in [-0.2, -0.15) is 0 Å². The van der Waals surface area contributed by atoms with Gasteiger partial charge in [0.15, 0.2) is 0 Å². The lowest BCUT2D eigenvalue weighted by atomic mass is 9.67. The van der Waals surface area contributed by atoms with Crippen molar-refractivity contribution >= 4 is 11.6 Å². The van der Waals surface area contributed by atoms with Crippen molar-refractivity contribution in [3.05, 3.63) is 68.0 Å². The maximum atomic E-state index is 13.3. The van der Waals surface area contributed by atoms with E-state index in [-0.39, 0.29) is 16.8 Å². The first-order chi connectivity index (χ1) is 14.1. The highest BCUT2D eigenvalue weighted by Gasteiger charge is 2.45. The zero-order valence-corrected chi connectivity index (χ0v) is 18.0. The second-order valence-electron chi connectivity index (χ2n) is 8.78. The second kappa shape index (κ2) is 7.00. The van der Waals surface area contributed by atoms with Crippen LogP contribution in [0.1, 0.15) is 44.2 Å². The van der Waals surface area contributed by atoms with Crippen LogP contribution in [0.2, 0.25) is 0 Å². The van der Waals surface area contributed by atoms with Gasteiger partial charge < -0.3 is 10.1 Å². The van der Waals surface area contributed by atoms with Crippen molar-refractivity contribution in [2.24, 2.45) is 25.4 Å². The lowest BCUT2D eigenvalue weighted by Gasteiger charge is -2.41. The van der Waals surface area contributed by atoms with E-state index in [0.29, 0.717) is 24.4 Å². The summed E-state index contributed by atoms with van der Waals surface area (Å²) in [6, 6.07) is 7.52. The Kier molecular flexibility index (Phi) is 4.71. The summed E-state index contributed by atoms with van der Waals surface area (Å²) in [6.07, 6.45) is 2.46. The molecule has 0 fully saturated rings. The first kappa shape index (κ1) is 20.2. The van der Waals surface area contributed by atoms with Gasteiger partial charge in [0.25, 0.3) is 5.56 Å². The number of ether oxygens (including phenoxy) is 1. The largest absolute Gasteiger partial charge is 0.494 e. The molecule has 0 saturated carbocycles. The highest BCUT2D eigenvalue weighted by molar-refractivity contribution is 5.90. The molecule has 30 heavy (non-hydrogen) atoms. The summed E-state index contributed by atoms with van der Waals surface area (Å²) in [5, 5.41) is 3.26. The molecule has 7 heteroatoms. The molecule has 0 saturated heterocycles. The number of ketones is 1. The average molecular weight is 409 g/mol. The fourth-order valence-corrected chi connectivity index (χ4v) is 4.68. The number of Topliss-reactive ketones (excluding diaryl/α,β-unsaturated/α-hetero) is 1. The Morgan fingerprint density at radius 3 is 2.37 bits per heavy atom. The van der Waals surface area contributed by atoms with Crippen LogP contribution < -0.4 is 21.3 Å². The normalized spacial score (nSPS) is 21.9. The van der Waals surface area contributed by atoms with Gasteiger partial charge in [-0.3, -0.25) is 18.7 Å². The summed E-state index contributed by atoms with van der Waals surface area (Å²) in [7, 11) is 3.11. The molecule has 1 aliphatic heterocycles. The van der Waals surface area contributed by atoms with Crippen molar-refractivity contribution in [2.75, 3.05) is 11.9 Å². The number of carbonyl (C=O) groups is 1. The molecule has 2 heterocycles. The van der Waals surface area contributed by atoms with Crippen LogP contribution in [0.3, 0.4) is 0 Å². The molecule has 158 valence electrons. The van der Waals surface area contributed by atoms with Crippen LogP contribution in [0.25, 0.3) is 0 Å². The van der Waals surface area contributed by atoms with Crippen LogP contribution in [-0.2, 0) is 18.9 Å². The summed E-state index contributed by atoms with van der Waals surface area (Å²) in [5.74, 6) is 0.307. The van der Waals surface area contributed by atoms with Crippen molar-refractivity contribution < 1.29 is 9.53 Å². The topological polar surface area (TPSA) is 82.3 Å². The van der Waals surface area contributed by atoms with Gasteiger partial charge in [-0.25, -0.2) is 4.79 Å². The molecule has 7 nitrogen and oxygen atoms in total. The Hall–Kier alpha value is -3.09. The number of fused-ring (bicyclic) bond motifs is 2. The van der Waals surface area contributed by atoms with E-state index in [9.17, 15) is 14.4 Å². The molecule has 0 spiro atoms. The summed E-state index contributed by atoms with van der Waals surface area (Å²) in [4.78, 5) is 39.0. The molecule has 2 aliphatic rings. The van der Waals surface area contributed by atoms with Gasteiger partial charge in [0.2, 0.25) is 0 Å². The van der Waals surface area contributed by atoms with Gasteiger partial charge in [0.05, 0.1) is 18.1 Å². The van der Waals surface area contributed by atoms with E-state index in [2.05, 4.69) is 11.4 Å². The zero-order chi connectivity index (χ0) is 21.8. The average Bonchev–Trinajstić information content (AvgIpc) is 2.69. The third-order valence-electron chi connectivity index (χ3n) is 6.01. The second-order valence-corrected chi connectivity index (χ2v) is 8.78. The maximum Gasteiger partial charge on any atom is 0.332 e. The molecule has 0 radical (unpaired) electrons. The van der Waals surface area contributed by atoms with Crippen LogP contribution in [0.5, 0.6) is 5.75 Å².